The maximum absolute atomic E-state index is 13.7. The molecule has 4 rings (SSSR count). The highest BCUT2D eigenvalue weighted by atomic mass is 32.1. The Hall–Kier alpha value is -3.78. The minimum atomic E-state index is -0.393. The van der Waals surface area contributed by atoms with Gasteiger partial charge in [0, 0.05) is 43.3 Å². The molecule has 3 aromatic rings. The highest BCUT2D eigenvalue weighted by Gasteiger charge is 2.24. The number of thiophene rings is 1. The number of hydrogen-bond donors (Lipinski definition) is 1. The molecule has 204 valence electrons. The molecule has 0 spiro atoms. The maximum Gasteiger partial charge on any atom is 0.322 e. The molecule has 3 amide bonds. The molecule has 1 fully saturated rings. The van der Waals surface area contributed by atoms with Crippen LogP contribution < -0.4 is 5.32 Å². The van der Waals surface area contributed by atoms with E-state index in [9.17, 15) is 14.0 Å². The van der Waals surface area contributed by atoms with Gasteiger partial charge in [0.05, 0.1) is 31.4 Å². The van der Waals surface area contributed by atoms with Crippen LogP contribution in [0.4, 0.5) is 14.9 Å². The number of rotatable bonds is 10. The number of urea groups is 1. The number of nitriles is 1. The van der Waals surface area contributed by atoms with Gasteiger partial charge < -0.3 is 19.9 Å². The van der Waals surface area contributed by atoms with Crippen molar-refractivity contribution in [2.24, 2.45) is 0 Å². The number of benzene rings is 2. The second kappa shape index (κ2) is 13.8. The fourth-order valence-corrected chi connectivity index (χ4v) is 5.14. The zero-order chi connectivity index (χ0) is 27.6. The summed E-state index contributed by atoms with van der Waals surface area (Å²) in [6.45, 7) is 6.38. The lowest BCUT2D eigenvalue weighted by molar-refractivity contribution is -0.133. The molecular formula is C29H32FN5O3S. The molecule has 2 aromatic carbocycles. The summed E-state index contributed by atoms with van der Waals surface area (Å²) in [5, 5.41) is 13.9. The highest BCUT2D eigenvalue weighted by Crippen LogP contribution is 2.20. The Morgan fingerprint density at radius 3 is 2.41 bits per heavy atom. The van der Waals surface area contributed by atoms with Crippen LogP contribution in [-0.4, -0.2) is 72.6 Å². The number of carbonyl (C=O) groups excluding carboxylic acids is 2. The van der Waals surface area contributed by atoms with Crippen LogP contribution in [0.25, 0.3) is 0 Å². The van der Waals surface area contributed by atoms with Crippen LogP contribution in [0.2, 0.25) is 0 Å². The Kier molecular flexibility index (Phi) is 10.0. The Morgan fingerprint density at radius 2 is 1.77 bits per heavy atom. The SMILES string of the molecule is Cc1ccsc1CN(Cc1ccc(F)cc1)C(=O)CN(CCN1CCOCC1)C(=O)Nc1ccc(C#N)cc1. The molecule has 1 aliphatic heterocycles. The number of amides is 3. The van der Waals surface area contributed by atoms with Crippen molar-refractivity contribution in [2.75, 3.05) is 51.3 Å². The number of hydrogen-bond acceptors (Lipinski definition) is 6. The van der Waals surface area contributed by atoms with Gasteiger partial charge in [-0.15, -0.1) is 11.3 Å². The summed E-state index contributed by atoms with van der Waals surface area (Å²) in [5.74, 6) is -0.538. The van der Waals surface area contributed by atoms with Gasteiger partial charge in [-0.1, -0.05) is 12.1 Å². The number of anilines is 1. The quantitative estimate of drug-likeness (QED) is 0.403. The van der Waals surface area contributed by atoms with Crippen LogP contribution in [0.5, 0.6) is 0 Å². The first kappa shape index (κ1) is 28.2. The predicted molar refractivity (Wildman–Crippen MR) is 149 cm³/mol. The number of halogens is 1. The van der Waals surface area contributed by atoms with Crippen molar-refractivity contribution in [3.63, 3.8) is 0 Å². The number of morpholine rings is 1. The zero-order valence-corrected chi connectivity index (χ0v) is 22.8. The first-order valence-electron chi connectivity index (χ1n) is 12.8. The maximum atomic E-state index is 13.7. The molecule has 39 heavy (non-hydrogen) atoms. The van der Waals surface area contributed by atoms with Crippen LogP contribution in [-0.2, 0) is 22.6 Å². The van der Waals surface area contributed by atoms with E-state index in [-0.39, 0.29) is 18.3 Å². The average molecular weight is 550 g/mol. The third-order valence-corrected chi connectivity index (χ3v) is 7.62. The number of aryl methyl sites for hydroxylation is 1. The lowest BCUT2D eigenvalue weighted by Crippen LogP contribution is -2.48. The molecule has 1 N–H and O–H groups in total. The number of nitrogens with zero attached hydrogens (tertiary/aromatic N) is 4. The van der Waals surface area contributed by atoms with Crippen LogP contribution in [0.1, 0.15) is 21.6 Å². The molecule has 1 saturated heterocycles. The summed E-state index contributed by atoms with van der Waals surface area (Å²) in [5.41, 5.74) is 2.94. The fourth-order valence-electron chi connectivity index (χ4n) is 4.22. The summed E-state index contributed by atoms with van der Waals surface area (Å²) in [6, 6.07) is 16.4. The molecule has 0 radical (unpaired) electrons. The second-order valence-electron chi connectivity index (χ2n) is 9.40. The Balaban J connectivity index is 1.51. The van der Waals surface area contributed by atoms with Gasteiger partial charge in [0.25, 0.3) is 0 Å². The summed E-state index contributed by atoms with van der Waals surface area (Å²) >= 11 is 1.58. The molecule has 0 aliphatic carbocycles. The molecule has 0 atom stereocenters. The number of nitrogens with one attached hydrogen (secondary N) is 1. The van der Waals surface area contributed by atoms with E-state index in [1.165, 1.54) is 17.0 Å². The minimum absolute atomic E-state index is 0.113. The van der Waals surface area contributed by atoms with Gasteiger partial charge in [0.15, 0.2) is 0 Å². The topological polar surface area (TPSA) is 88.9 Å². The summed E-state index contributed by atoms with van der Waals surface area (Å²) < 4.78 is 18.9. The van der Waals surface area contributed by atoms with E-state index in [0.29, 0.717) is 50.6 Å². The molecule has 2 heterocycles. The van der Waals surface area contributed by atoms with Crippen LogP contribution in [0.3, 0.4) is 0 Å². The van der Waals surface area contributed by atoms with Crippen molar-refractivity contribution in [1.29, 1.82) is 5.26 Å². The molecular weight excluding hydrogens is 517 g/mol. The summed E-state index contributed by atoms with van der Waals surface area (Å²) in [7, 11) is 0. The van der Waals surface area contributed by atoms with Gasteiger partial charge in [0.1, 0.15) is 12.4 Å². The largest absolute Gasteiger partial charge is 0.379 e. The van der Waals surface area contributed by atoms with Gasteiger partial charge in [-0.2, -0.15) is 5.26 Å². The van der Waals surface area contributed by atoms with E-state index in [4.69, 9.17) is 10.00 Å². The first-order valence-corrected chi connectivity index (χ1v) is 13.7. The molecule has 10 heteroatoms. The fraction of sp³-hybridized carbons (Fsp3) is 0.345. The van der Waals surface area contributed by atoms with E-state index in [1.807, 2.05) is 18.4 Å². The first-order chi connectivity index (χ1) is 18.9. The normalized spacial score (nSPS) is 13.5. The van der Waals surface area contributed by atoms with Crippen LogP contribution in [0, 0.1) is 24.1 Å². The summed E-state index contributed by atoms with van der Waals surface area (Å²) in [4.78, 5) is 33.6. The predicted octanol–water partition coefficient (Wildman–Crippen LogP) is 4.46. The van der Waals surface area contributed by atoms with E-state index in [1.54, 1.807) is 52.6 Å². The average Bonchev–Trinajstić information content (AvgIpc) is 3.36. The molecule has 8 nitrogen and oxygen atoms in total. The minimum Gasteiger partial charge on any atom is -0.379 e. The lowest BCUT2D eigenvalue weighted by Gasteiger charge is -2.31. The Bertz CT molecular complexity index is 1280. The van der Waals surface area contributed by atoms with Crippen LogP contribution in [0.15, 0.2) is 60.0 Å². The second-order valence-corrected chi connectivity index (χ2v) is 10.4. The van der Waals surface area contributed by atoms with Crippen molar-refractivity contribution in [3.8, 4) is 6.07 Å². The monoisotopic (exact) mass is 549 g/mol. The lowest BCUT2D eigenvalue weighted by atomic mass is 10.2. The third-order valence-electron chi connectivity index (χ3n) is 6.61. The summed E-state index contributed by atoms with van der Waals surface area (Å²) in [6.07, 6.45) is 0. The molecule has 1 aromatic heterocycles. The van der Waals surface area contributed by atoms with E-state index < -0.39 is 6.03 Å². The zero-order valence-electron chi connectivity index (χ0n) is 21.9. The molecule has 0 bridgehead atoms. The van der Waals surface area contributed by atoms with Crippen molar-refractivity contribution in [2.45, 2.75) is 20.0 Å². The van der Waals surface area contributed by atoms with Crippen LogP contribution >= 0.6 is 11.3 Å². The van der Waals surface area contributed by atoms with E-state index in [0.717, 1.165) is 29.1 Å². The molecule has 0 unspecified atom stereocenters. The van der Waals surface area contributed by atoms with Gasteiger partial charge >= 0.3 is 6.03 Å². The number of ether oxygens (including phenoxy) is 1. The smallest absolute Gasteiger partial charge is 0.322 e. The third kappa shape index (κ3) is 8.35. The van der Waals surface area contributed by atoms with Gasteiger partial charge in [-0.3, -0.25) is 9.69 Å². The Labute approximate surface area is 232 Å². The van der Waals surface area contributed by atoms with Gasteiger partial charge in [-0.05, 0) is 65.9 Å². The van der Waals surface area contributed by atoms with E-state index >= 15 is 0 Å². The van der Waals surface area contributed by atoms with Gasteiger partial charge in [0.2, 0.25) is 5.91 Å². The number of carbonyl (C=O) groups is 2. The highest BCUT2D eigenvalue weighted by molar-refractivity contribution is 7.10. The molecule has 1 aliphatic rings. The van der Waals surface area contributed by atoms with E-state index in [2.05, 4.69) is 16.3 Å². The standard InChI is InChI=1S/C29H32FN5O3S/c1-22-10-17-39-27(22)20-35(19-24-2-6-25(30)7-3-24)28(36)21-34(12-11-33-13-15-38-16-14-33)29(37)32-26-8-4-23(18-31)5-9-26/h2-10,17H,11-16,19-21H2,1H3,(H,32,37). The Morgan fingerprint density at radius 1 is 1.05 bits per heavy atom. The van der Waals surface area contributed by atoms with Crippen molar-refractivity contribution in [3.05, 3.63) is 87.4 Å². The van der Waals surface area contributed by atoms with Crippen molar-refractivity contribution >= 4 is 29.0 Å². The van der Waals surface area contributed by atoms with Crippen molar-refractivity contribution < 1.29 is 18.7 Å². The van der Waals surface area contributed by atoms with Gasteiger partial charge in [-0.25, -0.2) is 9.18 Å². The van der Waals surface area contributed by atoms with Crippen molar-refractivity contribution in [1.82, 2.24) is 14.7 Å². The molecule has 0 saturated carbocycles.